The van der Waals surface area contributed by atoms with Crippen LogP contribution in [0.3, 0.4) is 0 Å². The van der Waals surface area contributed by atoms with Gasteiger partial charge in [-0.1, -0.05) is 29.8 Å². The lowest BCUT2D eigenvalue weighted by atomic mass is 9.98. The second-order valence-corrected chi connectivity index (χ2v) is 5.77. The van der Waals surface area contributed by atoms with Crippen molar-refractivity contribution in [1.29, 1.82) is 0 Å². The van der Waals surface area contributed by atoms with E-state index in [4.69, 9.17) is 0 Å². The van der Waals surface area contributed by atoms with Crippen LogP contribution in [0.4, 0.5) is 0 Å². The van der Waals surface area contributed by atoms with Gasteiger partial charge in [0.25, 0.3) is 0 Å². The molecular formula is C15H16S. The van der Waals surface area contributed by atoms with Crippen LogP contribution < -0.4 is 0 Å². The second-order valence-electron chi connectivity index (χ2n) is 4.63. The number of rotatable bonds is 1. The highest BCUT2D eigenvalue weighted by Crippen LogP contribution is 2.35. The SMILES string of the molecule is Cc1ccc(-c2cc3c(s2)CCCC3)cc1. The maximum atomic E-state index is 2.41. The van der Waals surface area contributed by atoms with Gasteiger partial charge in [0.2, 0.25) is 0 Å². The first-order chi connectivity index (χ1) is 7.83. The molecule has 1 heteroatoms. The van der Waals surface area contributed by atoms with E-state index < -0.39 is 0 Å². The molecule has 0 unspecified atom stereocenters. The molecule has 0 bridgehead atoms. The highest BCUT2D eigenvalue weighted by atomic mass is 32.1. The van der Waals surface area contributed by atoms with E-state index in [1.165, 1.54) is 41.7 Å². The van der Waals surface area contributed by atoms with Gasteiger partial charge in [0.05, 0.1) is 0 Å². The van der Waals surface area contributed by atoms with Crippen molar-refractivity contribution < 1.29 is 0 Å². The fourth-order valence-electron chi connectivity index (χ4n) is 2.35. The summed E-state index contributed by atoms with van der Waals surface area (Å²) in [5.74, 6) is 0. The lowest BCUT2D eigenvalue weighted by molar-refractivity contribution is 0.697. The van der Waals surface area contributed by atoms with Gasteiger partial charge in [0.15, 0.2) is 0 Å². The molecule has 82 valence electrons. The molecule has 2 aromatic rings. The molecule has 0 saturated carbocycles. The minimum Gasteiger partial charge on any atom is -0.140 e. The molecule has 0 spiro atoms. The summed E-state index contributed by atoms with van der Waals surface area (Å²) in [5.41, 5.74) is 4.32. The van der Waals surface area contributed by atoms with Gasteiger partial charge in [-0.15, -0.1) is 11.3 Å². The predicted octanol–water partition coefficient (Wildman–Crippen LogP) is 4.60. The topological polar surface area (TPSA) is 0 Å². The molecule has 0 nitrogen and oxygen atoms in total. The van der Waals surface area contributed by atoms with Crippen molar-refractivity contribution in [2.75, 3.05) is 0 Å². The van der Waals surface area contributed by atoms with Crippen molar-refractivity contribution in [3.8, 4) is 10.4 Å². The maximum absolute atomic E-state index is 2.41. The normalized spacial score (nSPS) is 14.8. The van der Waals surface area contributed by atoms with Gasteiger partial charge in [-0.3, -0.25) is 0 Å². The Hall–Kier alpha value is -1.08. The largest absolute Gasteiger partial charge is 0.140 e. The average Bonchev–Trinajstić information content (AvgIpc) is 2.73. The van der Waals surface area contributed by atoms with Gasteiger partial charge >= 0.3 is 0 Å². The highest BCUT2D eigenvalue weighted by molar-refractivity contribution is 7.15. The Morgan fingerprint density at radius 2 is 1.75 bits per heavy atom. The highest BCUT2D eigenvalue weighted by Gasteiger charge is 2.13. The summed E-state index contributed by atoms with van der Waals surface area (Å²) in [7, 11) is 0. The van der Waals surface area contributed by atoms with E-state index in [0.717, 1.165) is 0 Å². The van der Waals surface area contributed by atoms with Crippen LogP contribution >= 0.6 is 11.3 Å². The van der Waals surface area contributed by atoms with Crippen LogP contribution in [0.1, 0.15) is 28.8 Å². The summed E-state index contributed by atoms with van der Waals surface area (Å²) in [6.07, 6.45) is 5.33. The minimum absolute atomic E-state index is 1.29. The molecule has 1 aromatic heterocycles. The summed E-state index contributed by atoms with van der Waals surface area (Å²) >= 11 is 1.99. The monoisotopic (exact) mass is 228 g/mol. The van der Waals surface area contributed by atoms with E-state index in [9.17, 15) is 0 Å². The third-order valence-electron chi connectivity index (χ3n) is 3.33. The van der Waals surface area contributed by atoms with Crippen LogP contribution in [0.2, 0.25) is 0 Å². The number of thiophene rings is 1. The van der Waals surface area contributed by atoms with Gasteiger partial charge in [-0.05, 0) is 49.8 Å². The van der Waals surface area contributed by atoms with Crippen molar-refractivity contribution in [3.63, 3.8) is 0 Å². The molecule has 0 N–H and O–H groups in total. The van der Waals surface area contributed by atoms with Crippen molar-refractivity contribution in [2.24, 2.45) is 0 Å². The zero-order valence-corrected chi connectivity index (χ0v) is 10.4. The smallest absolute Gasteiger partial charge is 0.0348 e. The molecule has 0 atom stereocenters. The summed E-state index contributed by atoms with van der Waals surface area (Å²) in [6.45, 7) is 2.14. The molecule has 0 saturated heterocycles. The Morgan fingerprint density at radius 1 is 1.00 bits per heavy atom. The van der Waals surface area contributed by atoms with E-state index >= 15 is 0 Å². The van der Waals surface area contributed by atoms with Crippen molar-refractivity contribution in [1.82, 2.24) is 0 Å². The molecule has 0 radical (unpaired) electrons. The van der Waals surface area contributed by atoms with Gasteiger partial charge in [0, 0.05) is 9.75 Å². The number of aryl methyl sites for hydroxylation is 3. The lowest BCUT2D eigenvalue weighted by Gasteiger charge is -2.08. The van der Waals surface area contributed by atoms with Gasteiger partial charge in [-0.2, -0.15) is 0 Å². The third kappa shape index (κ3) is 1.80. The Labute approximate surface area is 101 Å². The fraction of sp³-hybridized carbons (Fsp3) is 0.333. The maximum Gasteiger partial charge on any atom is 0.0348 e. The van der Waals surface area contributed by atoms with Gasteiger partial charge in [0.1, 0.15) is 0 Å². The predicted molar refractivity (Wildman–Crippen MR) is 71.1 cm³/mol. The summed E-state index contributed by atoms with van der Waals surface area (Å²) in [4.78, 5) is 3.08. The van der Waals surface area contributed by atoms with Gasteiger partial charge < -0.3 is 0 Å². The van der Waals surface area contributed by atoms with Crippen molar-refractivity contribution >= 4 is 11.3 Å². The summed E-state index contributed by atoms with van der Waals surface area (Å²) in [6, 6.07) is 11.3. The van der Waals surface area contributed by atoms with E-state index in [1.54, 1.807) is 10.4 Å². The molecule has 0 amide bonds. The number of benzene rings is 1. The van der Waals surface area contributed by atoms with Gasteiger partial charge in [-0.25, -0.2) is 0 Å². The number of hydrogen-bond acceptors (Lipinski definition) is 1. The first-order valence-corrected chi connectivity index (χ1v) is 6.83. The summed E-state index contributed by atoms with van der Waals surface area (Å²) < 4.78 is 0. The standard InChI is InChI=1S/C15H16S/c1-11-6-8-12(9-7-11)15-10-13-4-2-3-5-14(13)16-15/h6-10H,2-5H2,1H3. The van der Waals surface area contributed by atoms with E-state index in [-0.39, 0.29) is 0 Å². The molecule has 16 heavy (non-hydrogen) atoms. The second kappa shape index (κ2) is 4.06. The molecular weight excluding hydrogens is 212 g/mol. The van der Waals surface area contributed by atoms with Crippen LogP contribution in [0, 0.1) is 6.92 Å². The first-order valence-electron chi connectivity index (χ1n) is 6.01. The van der Waals surface area contributed by atoms with Crippen LogP contribution in [-0.4, -0.2) is 0 Å². The Kier molecular flexibility index (Phi) is 2.56. The molecule has 1 aliphatic rings. The van der Waals surface area contributed by atoms with Crippen LogP contribution in [0.5, 0.6) is 0 Å². The Morgan fingerprint density at radius 3 is 2.50 bits per heavy atom. The quantitative estimate of drug-likeness (QED) is 0.669. The molecule has 0 aliphatic heterocycles. The van der Waals surface area contributed by atoms with Crippen molar-refractivity contribution in [3.05, 3.63) is 46.3 Å². The van der Waals surface area contributed by atoms with Crippen LogP contribution in [-0.2, 0) is 12.8 Å². The first kappa shape index (κ1) is 10.1. The third-order valence-corrected chi connectivity index (χ3v) is 4.62. The van der Waals surface area contributed by atoms with Crippen LogP contribution in [0.15, 0.2) is 30.3 Å². The zero-order valence-electron chi connectivity index (χ0n) is 9.62. The molecule has 1 aliphatic carbocycles. The molecule has 1 aromatic carbocycles. The van der Waals surface area contributed by atoms with Crippen LogP contribution in [0.25, 0.3) is 10.4 Å². The minimum atomic E-state index is 1.29. The Balaban J connectivity index is 2.00. The molecule has 0 fully saturated rings. The molecule has 1 heterocycles. The molecule has 3 rings (SSSR count). The number of fused-ring (bicyclic) bond motifs is 1. The Bertz CT molecular complexity index is 467. The average molecular weight is 228 g/mol. The van der Waals surface area contributed by atoms with E-state index in [1.807, 2.05) is 11.3 Å². The fourth-order valence-corrected chi connectivity index (χ4v) is 3.61. The summed E-state index contributed by atoms with van der Waals surface area (Å²) in [5, 5.41) is 0. The van der Waals surface area contributed by atoms with E-state index in [0.29, 0.717) is 0 Å². The lowest BCUT2D eigenvalue weighted by Crippen LogP contribution is -1.96. The van der Waals surface area contributed by atoms with E-state index in [2.05, 4.69) is 37.3 Å². The number of hydrogen-bond donors (Lipinski definition) is 0. The van der Waals surface area contributed by atoms with Crippen molar-refractivity contribution in [2.45, 2.75) is 32.6 Å². The zero-order chi connectivity index (χ0) is 11.0.